The molecule has 1 fully saturated rings. The first-order valence-corrected chi connectivity index (χ1v) is 13.9. The van der Waals surface area contributed by atoms with Gasteiger partial charge in [-0.3, -0.25) is 0 Å². The van der Waals surface area contributed by atoms with E-state index in [9.17, 15) is 5.11 Å². The molecule has 176 valence electrons. The van der Waals surface area contributed by atoms with E-state index in [4.69, 9.17) is 13.9 Å². The molecule has 0 amide bonds. The monoisotopic (exact) mass is 456 g/mol. The standard InChI is InChI=1S/C27H40O4Si/c1-5-29-24(20-30-23-14-12-13-22(28)19-23)21-31-32(27(2,3)4,25-15-8-6-9-16-25)26-17-10-7-11-18-26/h6-11,15-18,22-24,28H,5,12-14,19-21H2,1-4H3/t22-,23+,24+/m1/s1. The first-order valence-electron chi connectivity index (χ1n) is 12.0. The second kappa shape index (κ2) is 11.6. The van der Waals surface area contributed by atoms with Crippen molar-refractivity contribution in [2.75, 3.05) is 19.8 Å². The molecular weight excluding hydrogens is 416 g/mol. The molecule has 0 spiro atoms. The molecule has 3 rings (SSSR count). The van der Waals surface area contributed by atoms with Crippen molar-refractivity contribution in [1.82, 2.24) is 0 Å². The average molecular weight is 457 g/mol. The maximum absolute atomic E-state index is 9.97. The molecule has 0 bridgehead atoms. The number of hydrogen-bond donors (Lipinski definition) is 1. The van der Waals surface area contributed by atoms with Gasteiger partial charge in [0.2, 0.25) is 0 Å². The average Bonchev–Trinajstić information content (AvgIpc) is 2.78. The Morgan fingerprint density at radius 3 is 2.03 bits per heavy atom. The second-order valence-corrected chi connectivity index (χ2v) is 14.1. The van der Waals surface area contributed by atoms with Crippen molar-refractivity contribution in [2.45, 2.75) is 76.7 Å². The van der Waals surface area contributed by atoms with Gasteiger partial charge in [-0.2, -0.15) is 0 Å². The van der Waals surface area contributed by atoms with Crippen molar-refractivity contribution in [3.63, 3.8) is 0 Å². The van der Waals surface area contributed by atoms with E-state index in [0.717, 1.165) is 19.3 Å². The van der Waals surface area contributed by atoms with Crippen LogP contribution in [0.4, 0.5) is 0 Å². The third-order valence-electron chi connectivity index (χ3n) is 6.42. The van der Waals surface area contributed by atoms with Crippen LogP contribution in [0.5, 0.6) is 0 Å². The Morgan fingerprint density at radius 2 is 1.53 bits per heavy atom. The maximum atomic E-state index is 9.97. The third kappa shape index (κ3) is 6.09. The summed E-state index contributed by atoms with van der Waals surface area (Å²) in [5.41, 5.74) is 0. The highest BCUT2D eigenvalue weighted by atomic mass is 28.4. The summed E-state index contributed by atoms with van der Waals surface area (Å²) in [7, 11) is -2.60. The highest BCUT2D eigenvalue weighted by Crippen LogP contribution is 2.37. The molecule has 0 aliphatic heterocycles. The van der Waals surface area contributed by atoms with Crippen LogP contribution < -0.4 is 10.4 Å². The number of benzene rings is 2. The molecule has 3 atom stereocenters. The molecule has 1 aliphatic rings. The van der Waals surface area contributed by atoms with Crippen molar-refractivity contribution in [1.29, 1.82) is 0 Å². The van der Waals surface area contributed by atoms with Crippen LogP contribution >= 0.6 is 0 Å². The first-order chi connectivity index (χ1) is 15.4. The van der Waals surface area contributed by atoms with Crippen molar-refractivity contribution in [3.05, 3.63) is 60.7 Å². The van der Waals surface area contributed by atoms with Gasteiger partial charge in [-0.05, 0) is 48.0 Å². The Balaban J connectivity index is 1.83. The summed E-state index contributed by atoms with van der Waals surface area (Å²) in [6, 6.07) is 21.4. The highest BCUT2D eigenvalue weighted by Gasteiger charge is 2.50. The Morgan fingerprint density at radius 1 is 0.938 bits per heavy atom. The molecule has 2 aromatic carbocycles. The van der Waals surface area contributed by atoms with Gasteiger partial charge in [0.05, 0.1) is 25.4 Å². The zero-order valence-corrected chi connectivity index (χ0v) is 21.1. The first kappa shape index (κ1) is 25.1. The summed E-state index contributed by atoms with van der Waals surface area (Å²) in [6.07, 6.45) is 3.35. The van der Waals surface area contributed by atoms with Gasteiger partial charge < -0.3 is 19.0 Å². The molecular formula is C27H40O4Si. The Labute approximate surface area is 195 Å². The summed E-state index contributed by atoms with van der Waals surface area (Å²) in [5, 5.41) is 12.4. The summed E-state index contributed by atoms with van der Waals surface area (Å²) < 4.78 is 19.3. The van der Waals surface area contributed by atoms with E-state index in [-0.39, 0.29) is 23.4 Å². The van der Waals surface area contributed by atoms with E-state index in [1.807, 2.05) is 6.92 Å². The Hall–Kier alpha value is -1.50. The van der Waals surface area contributed by atoms with E-state index in [0.29, 0.717) is 26.2 Å². The largest absolute Gasteiger partial charge is 0.405 e. The zero-order valence-electron chi connectivity index (χ0n) is 20.1. The molecule has 1 aliphatic carbocycles. The normalized spacial score (nSPS) is 20.8. The fourth-order valence-corrected chi connectivity index (χ4v) is 9.47. The highest BCUT2D eigenvalue weighted by molar-refractivity contribution is 6.99. The van der Waals surface area contributed by atoms with E-state index >= 15 is 0 Å². The summed E-state index contributed by atoms with van der Waals surface area (Å²) in [6.45, 7) is 10.5. The molecule has 5 heteroatoms. The predicted octanol–water partition coefficient (Wildman–Crippen LogP) is 4.29. The number of aliphatic hydroxyl groups excluding tert-OH is 1. The van der Waals surface area contributed by atoms with E-state index in [2.05, 4.69) is 81.4 Å². The minimum atomic E-state index is -2.60. The number of hydrogen-bond acceptors (Lipinski definition) is 4. The van der Waals surface area contributed by atoms with Gasteiger partial charge in [0.1, 0.15) is 6.10 Å². The van der Waals surface area contributed by atoms with Gasteiger partial charge in [0.25, 0.3) is 8.32 Å². The fourth-order valence-electron chi connectivity index (χ4n) is 4.87. The smallest absolute Gasteiger partial charge is 0.261 e. The molecule has 0 heterocycles. The van der Waals surface area contributed by atoms with E-state index in [1.54, 1.807) is 0 Å². The van der Waals surface area contributed by atoms with Crippen LogP contribution in [-0.2, 0) is 13.9 Å². The Kier molecular flexibility index (Phi) is 9.09. The van der Waals surface area contributed by atoms with Crippen molar-refractivity contribution >= 4 is 18.7 Å². The topological polar surface area (TPSA) is 47.9 Å². The van der Waals surface area contributed by atoms with Crippen molar-refractivity contribution in [3.8, 4) is 0 Å². The molecule has 1 N–H and O–H groups in total. The lowest BCUT2D eigenvalue weighted by atomic mass is 9.95. The molecule has 2 aromatic rings. The number of aliphatic hydroxyl groups is 1. The van der Waals surface area contributed by atoms with Gasteiger partial charge >= 0.3 is 0 Å². The molecule has 4 nitrogen and oxygen atoms in total. The van der Waals surface area contributed by atoms with Crippen LogP contribution in [0.3, 0.4) is 0 Å². The van der Waals surface area contributed by atoms with Gasteiger partial charge in [0.15, 0.2) is 0 Å². The SMILES string of the molecule is CCO[C@@H](CO[C@H]1CCC[C@@H](O)C1)CO[Si](c1ccccc1)(c1ccccc1)C(C)(C)C. The van der Waals surface area contributed by atoms with Gasteiger partial charge in [-0.25, -0.2) is 0 Å². The van der Waals surface area contributed by atoms with Crippen LogP contribution in [-0.4, -0.2) is 51.6 Å². The molecule has 0 unspecified atom stereocenters. The van der Waals surface area contributed by atoms with Gasteiger partial charge in [0, 0.05) is 6.61 Å². The zero-order chi connectivity index (χ0) is 23.0. The lowest BCUT2D eigenvalue weighted by molar-refractivity contribution is -0.0778. The van der Waals surface area contributed by atoms with Crippen molar-refractivity contribution in [2.24, 2.45) is 0 Å². The van der Waals surface area contributed by atoms with E-state index < -0.39 is 8.32 Å². The lowest BCUT2D eigenvalue weighted by Crippen LogP contribution is -2.67. The Bertz CT molecular complexity index is 751. The van der Waals surface area contributed by atoms with Crippen LogP contribution in [0.15, 0.2) is 60.7 Å². The second-order valence-electron chi connectivity index (χ2n) is 9.83. The van der Waals surface area contributed by atoms with Crippen LogP contribution in [0.25, 0.3) is 0 Å². The summed E-state index contributed by atoms with van der Waals surface area (Å²) >= 11 is 0. The third-order valence-corrected chi connectivity index (χ3v) is 11.4. The summed E-state index contributed by atoms with van der Waals surface area (Å²) in [4.78, 5) is 0. The summed E-state index contributed by atoms with van der Waals surface area (Å²) in [5.74, 6) is 0. The van der Waals surface area contributed by atoms with Gasteiger partial charge in [-0.15, -0.1) is 0 Å². The van der Waals surface area contributed by atoms with Gasteiger partial charge in [-0.1, -0.05) is 81.4 Å². The number of rotatable bonds is 10. The quantitative estimate of drug-likeness (QED) is 0.542. The van der Waals surface area contributed by atoms with Crippen LogP contribution in [0.2, 0.25) is 5.04 Å². The van der Waals surface area contributed by atoms with Crippen LogP contribution in [0, 0.1) is 0 Å². The maximum Gasteiger partial charge on any atom is 0.261 e. The van der Waals surface area contributed by atoms with Crippen molar-refractivity contribution < 1.29 is 19.0 Å². The molecule has 0 saturated heterocycles. The minimum absolute atomic E-state index is 0.0686. The van der Waals surface area contributed by atoms with Crippen LogP contribution in [0.1, 0.15) is 53.4 Å². The molecule has 0 radical (unpaired) electrons. The molecule has 1 saturated carbocycles. The molecule has 0 aromatic heterocycles. The number of ether oxygens (including phenoxy) is 2. The lowest BCUT2D eigenvalue weighted by Gasteiger charge is -2.43. The molecule has 32 heavy (non-hydrogen) atoms. The fraction of sp³-hybridized carbons (Fsp3) is 0.556. The predicted molar refractivity (Wildman–Crippen MR) is 133 cm³/mol. The van der Waals surface area contributed by atoms with E-state index in [1.165, 1.54) is 10.4 Å². The minimum Gasteiger partial charge on any atom is -0.405 e.